The van der Waals surface area contributed by atoms with Crippen LogP contribution < -0.4 is 0 Å². The van der Waals surface area contributed by atoms with E-state index in [-0.39, 0.29) is 4.90 Å². The second-order valence-electron chi connectivity index (χ2n) is 4.32. The van der Waals surface area contributed by atoms with Crippen LogP contribution in [0.4, 0.5) is 0 Å². The van der Waals surface area contributed by atoms with Gasteiger partial charge in [-0.15, -0.1) is 11.3 Å². The van der Waals surface area contributed by atoms with Crippen LogP contribution in [0.15, 0.2) is 50.7 Å². The summed E-state index contributed by atoms with van der Waals surface area (Å²) in [7, 11) is -3.20. The van der Waals surface area contributed by atoms with E-state index < -0.39 is 9.84 Å². The van der Waals surface area contributed by atoms with Crippen LogP contribution in [0.25, 0.3) is 4.96 Å². The Bertz CT molecular complexity index is 908. The number of imidazole rings is 1. The third kappa shape index (κ3) is 2.74. The van der Waals surface area contributed by atoms with Crippen LogP contribution >= 0.6 is 23.1 Å². The van der Waals surface area contributed by atoms with E-state index in [1.807, 2.05) is 5.38 Å². The van der Waals surface area contributed by atoms with Crippen molar-refractivity contribution in [2.24, 2.45) is 0 Å². The Labute approximate surface area is 129 Å². The Hall–Kier alpha value is -1.64. The van der Waals surface area contributed by atoms with Crippen molar-refractivity contribution < 1.29 is 13.2 Å². The average molecular weight is 338 g/mol. The summed E-state index contributed by atoms with van der Waals surface area (Å²) in [6.07, 6.45) is 3.75. The highest BCUT2D eigenvalue weighted by atomic mass is 32.2. The van der Waals surface area contributed by atoms with Gasteiger partial charge in [-0.05, 0) is 24.3 Å². The van der Waals surface area contributed by atoms with Crippen LogP contribution in [0.3, 0.4) is 0 Å². The highest BCUT2D eigenvalue weighted by molar-refractivity contribution is 7.99. The first kappa shape index (κ1) is 14.3. The summed E-state index contributed by atoms with van der Waals surface area (Å²) in [6, 6.07) is 6.53. The van der Waals surface area contributed by atoms with Gasteiger partial charge in [0.2, 0.25) is 0 Å². The van der Waals surface area contributed by atoms with E-state index in [1.165, 1.54) is 29.4 Å². The van der Waals surface area contributed by atoms with Crippen molar-refractivity contribution in [1.29, 1.82) is 0 Å². The van der Waals surface area contributed by atoms with Crippen molar-refractivity contribution in [1.82, 2.24) is 9.38 Å². The fraction of sp³-hybridized carbons (Fsp3) is 0.0769. The summed E-state index contributed by atoms with van der Waals surface area (Å²) >= 11 is 2.79. The molecule has 0 aliphatic rings. The molecule has 3 aromatic rings. The lowest BCUT2D eigenvalue weighted by Crippen LogP contribution is -1.96. The highest BCUT2D eigenvalue weighted by Gasteiger charge is 2.14. The van der Waals surface area contributed by atoms with Crippen LogP contribution in [-0.2, 0) is 9.84 Å². The Kier molecular flexibility index (Phi) is 3.60. The molecule has 0 saturated heterocycles. The van der Waals surface area contributed by atoms with E-state index in [0.717, 1.165) is 16.1 Å². The number of hydrogen-bond acceptors (Lipinski definition) is 6. The van der Waals surface area contributed by atoms with E-state index in [4.69, 9.17) is 0 Å². The SMILES string of the molecule is CS(=O)(=O)c1ccc(Sc2nc3sccn3c2C=O)cc1. The number of benzene rings is 1. The predicted molar refractivity (Wildman–Crippen MR) is 82.1 cm³/mol. The minimum Gasteiger partial charge on any atom is -0.296 e. The quantitative estimate of drug-likeness (QED) is 0.684. The van der Waals surface area contributed by atoms with Crippen LogP contribution in [-0.4, -0.2) is 30.3 Å². The molecule has 8 heteroatoms. The van der Waals surface area contributed by atoms with Crippen LogP contribution in [0.1, 0.15) is 10.5 Å². The van der Waals surface area contributed by atoms with Gasteiger partial charge in [0.15, 0.2) is 21.1 Å². The molecule has 0 aliphatic heterocycles. The van der Waals surface area contributed by atoms with Crippen LogP contribution in [0.5, 0.6) is 0 Å². The molecule has 2 heterocycles. The fourth-order valence-corrected chi connectivity index (χ4v) is 4.12. The summed E-state index contributed by atoms with van der Waals surface area (Å²) in [4.78, 5) is 17.5. The molecule has 0 spiro atoms. The lowest BCUT2D eigenvalue weighted by Gasteiger charge is -2.01. The Morgan fingerprint density at radius 3 is 2.62 bits per heavy atom. The fourth-order valence-electron chi connectivity index (χ4n) is 1.83. The molecule has 0 bridgehead atoms. The third-order valence-corrected chi connectivity index (χ3v) is 5.73. The number of aromatic nitrogens is 2. The molecule has 0 fully saturated rings. The van der Waals surface area contributed by atoms with Crippen molar-refractivity contribution in [3.8, 4) is 0 Å². The van der Waals surface area contributed by atoms with Crippen molar-refractivity contribution >= 4 is 44.2 Å². The highest BCUT2D eigenvalue weighted by Crippen LogP contribution is 2.31. The summed E-state index contributed by atoms with van der Waals surface area (Å²) in [5.41, 5.74) is 0.503. The summed E-state index contributed by atoms with van der Waals surface area (Å²) < 4.78 is 24.6. The molecule has 21 heavy (non-hydrogen) atoms. The monoisotopic (exact) mass is 338 g/mol. The van der Waals surface area contributed by atoms with Crippen molar-refractivity contribution in [2.75, 3.05) is 6.26 Å². The molecular formula is C13H10N2O3S3. The zero-order valence-electron chi connectivity index (χ0n) is 10.9. The van der Waals surface area contributed by atoms with Gasteiger partial charge in [-0.3, -0.25) is 9.20 Å². The summed E-state index contributed by atoms with van der Waals surface area (Å²) in [5, 5.41) is 2.48. The van der Waals surface area contributed by atoms with E-state index in [1.54, 1.807) is 34.9 Å². The van der Waals surface area contributed by atoms with Gasteiger partial charge in [0.25, 0.3) is 0 Å². The topological polar surface area (TPSA) is 68.5 Å². The molecule has 0 N–H and O–H groups in total. The maximum absolute atomic E-state index is 11.4. The number of hydrogen-bond donors (Lipinski definition) is 0. The number of nitrogens with zero attached hydrogens (tertiary/aromatic N) is 2. The first-order valence-electron chi connectivity index (χ1n) is 5.88. The van der Waals surface area contributed by atoms with Gasteiger partial charge in [-0.25, -0.2) is 13.4 Å². The number of aldehydes is 1. The molecular weight excluding hydrogens is 328 g/mol. The summed E-state index contributed by atoms with van der Waals surface area (Å²) in [6.45, 7) is 0. The van der Waals surface area contributed by atoms with Crippen LogP contribution in [0.2, 0.25) is 0 Å². The normalized spacial score (nSPS) is 11.9. The van der Waals surface area contributed by atoms with Gasteiger partial charge in [0.1, 0.15) is 10.7 Å². The Morgan fingerprint density at radius 1 is 1.29 bits per heavy atom. The van der Waals surface area contributed by atoms with Gasteiger partial charge in [0.05, 0.1) is 4.90 Å². The molecule has 0 radical (unpaired) electrons. The number of thiazole rings is 1. The number of carbonyl (C=O) groups is 1. The smallest absolute Gasteiger partial charge is 0.195 e. The lowest BCUT2D eigenvalue weighted by atomic mass is 10.4. The zero-order valence-corrected chi connectivity index (χ0v) is 13.3. The number of carbonyl (C=O) groups excluding carboxylic acids is 1. The number of sulfone groups is 1. The number of fused-ring (bicyclic) bond motifs is 1. The van der Waals surface area contributed by atoms with E-state index in [9.17, 15) is 13.2 Å². The average Bonchev–Trinajstić information content (AvgIpc) is 2.98. The second kappa shape index (κ2) is 5.28. The molecule has 3 rings (SSSR count). The van der Waals surface area contributed by atoms with Gasteiger partial charge in [0, 0.05) is 22.7 Å². The third-order valence-electron chi connectivity index (χ3n) is 2.84. The molecule has 0 saturated carbocycles. The number of rotatable bonds is 4. The molecule has 0 amide bonds. The first-order valence-corrected chi connectivity index (χ1v) is 9.46. The molecule has 1 aromatic carbocycles. The molecule has 0 atom stereocenters. The summed E-state index contributed by atoms with van der Waals surface area (Å²) in [5.74, 6) is 0. The van der Waals surface area contributed by atoms with E-state index >= 15 is 0 Å². The first-order chi connectivity index (χ1) is 9.99. The van der Waals surface area contributed by atoms with Gasteiger partial charge >= 0.3 is 0 Å². The van der Waals surface area contributed by atoms with Gasteiger partial charge in [-0.2, -0.15) is 0 Å². The Morgan fingerprint density at radius 2 is 2.00 bits per heavy atom. The second-order valence-corrected chi connectivity index (χ2v) is 8.27. The van der Waals surface area contributed by atoms with E-state index in [2.05, 4.69) is 4.98 Å². The van der Waals surface area contributed by atoms with Crippen LogP contribution in [0, 0.1) is 0 Å². The molecule has 0 unspecified atom stereocenters. The maximum Gasteiger partial charge on any atom is 0.195 e. The lowest BCUT2D eigenvalue weighted by molar-refractivity contribution is 0.111. The maximum atomic E-state index is 11.4. The minimum atomic E-state index is -3.20. The zero-order chi connectivity index (χ0) is 15.0. The van der Waals surface area contributed by atoms with Gasteiger partial charge in [-0.1, -0.05) is 11.8 Å². The molecule has 108 valence electrons. The van der Waals surface area contributed by atoms with E-state index in [0.29, 0.717) is 10.7 Å². The van der Waals surface area contributed by atoms with Crippen molar-refractivity contribution in [3.63, 3.8) is 0 Å². The standard InChI is InChI=1S/C13H10N2O3S3/c1-21(17,18)10-4-2-9(3-5-10)20-12-11(8-16)15-6-7-19-13(15)14-12/h2-8H,1H3. The molecule has 0 aliphatic carbocycles. The largest absolute Gasteiger partial charge is 0.296 e. The van der Waals surface area contributed by atoms with Gasteiger partial charge < -0.3 is 0 Å². The Balaban J connectivity index is 1.95. The predicted octanol–water partition coefficient (Wildman–Crippen LogP) is 2.76. The molecule has 2 aromatic heterocycles. The molecule has 5 nitrogen and oxygen atoms in total. The minimum absolute atomic E-state index is 0.272. The van der Waals surface area contributed by atoms with Crippen molar-refractivity contribution in [2.45, 2.75) is 14.8 Å². The van der Waals surface area contributed by atoms with Crippen molar-refractivity contribution in [3.05, 3.63) is 41.5 Å².